The molecule has 86 valence electrons. The lowest BCUT2D eigenvalue weighted by molar-refractivity contribution is -0.147. The van der Waals surface area contributed by atoms with E-state index in [2.05, 4.69) is 5.32 Å². The van der Waals surface area contributed by atoms with Crippen LogP contribution in [-0.4, -0.2) is 29.3 Å². The van der Waals surface area contributed by atoms with Crippen molar-refractivity contribution in [3.8, 4) is 5.75 Å². The van der Waals surface area contributed by atoms with Crippen molar-refractivity contribution in [3.63, 3.8) is 0 Å². The van der Waals surface area contributed by atoms with Gasteiger partial charge in [-0.1, -0.05) is 12.1 Å². The van der Waals surface area contributed by atoms with Gasteiger partial charge in [0.25, 0.3) is 0 Å². The highest BCUT2D eigenvalue weighted by molar-refractivity contribution is 5.76. The van der Waals surface area contributed by atoms with E-state index in [-0.39, 0.29) is 5.75 Å². The molecule has 0 bridgehead atoms. The van der Waals surface area contributed by atoms with Crippen LogP contribution in [0.2, 0.25) is 0 Å². The number of aromatic hydroxyl groups is 1. The third kappa shape index (κ3) is 2.02. The molecule has 0 radical (unpaired) electrons. The molecule has 1 saturated heterocycles. The van der Waals surface area contributed by atoms with Gasteiger partial charge in [0.1, 0.15) is 5.75 Å². The highest BCUT2D eigenvalue weighted by Gasteiger charge is 2.41. The Labute approximate surface area is 93.9 Å². The van der Waals surface area contributed by atoms with Gasteiger partial charge < -0.3 is 15.5 Å². The van der Waals surface area contributed by atoms with Crippen LogP contribution in [0.1, 0.15) is 12.0 Å². The number of benzene rings is 1. The van der Waals surface area contributed by atoms with Crippen LogP contribution >= 0.6 is 0 Å². The topological polar surface area (TPSA) is 69.6 Å². The Kier molecular flexibility index (Phi) is 2.83. The predicted molar refractivity (Wildman–Crippen MR) is 59.4 cm³/mol. The molecule has 0 saturated carbocycles. The van der Waals surface area contributed by atoms with Crippen molar-refractivity contribution in [3.05, 3.63) is 29.8 Å². The Morgan fingerprint density at radius 3 is 2.56 bits per heavy atom. The molecule has 4 heteroatoms. The van der Waals surface area contributed by atoms with Gasteiger partial charge in [-0.25, -0.2) is 0 Å². The summed E-state index contributed by atoms with van der Waals surface area (Å²) in [5.41, 5.74) is 0.264. The minimum atomic E-state index is -0.745. The first-order valence-electron chi connectivity index (χ1n) is 5.34. The molecular formula is C12H15NO3. The predicted octanol–water partition coefficient (Wildman–Crippen LogP) is 0.999. The summed E-state index contributed by atoms with van der Waals surface area (Å²) in [4.78, 5) is 11.3. The van der Waals surface area contributed by atoms with E-state index in [9.17, 15) is 9.90 Å². The number of carboxylic acids is 1. The molecule has 1 aliphatic rings. The van der Waals surface area contributed by atoms with Gasteiger partial charge in [-0.3, -0.25) is 4.79 Å². The van der Waals surface area contributed by atoms with Gasteiger partial charge in [0.05, 0.1) is 5.41 Å². The third-order valence-electron chi connectivity index (χ3n) is 3.18. The second-order valence-electron chi connectivity index (χ2n) is 4.36. The van der Waals surface area contributed by atoms with Crippen LogP contribution in [0, 0.1) is 5.41 Å². The number of nitrogens with one attached hydrogen (secondary N) is 1. The average Bonchev–Trinajstić information content (AvgIpc) is 2.71. The Morgan fingerprint density at radius 1 is 1.38 bits per heavy atom. The SMILES string of the molecule is O=C(O)C1(Cc2ccc(O)cc2)CCNC1. The van der Waals surface area contributed by atoms with Crippen LogP contribution in [0.4, 0.5) is 0 Å². The molecule has 0 spiro atoms. The second kappa shape index (κ2) is 4.14. The molecule has 16 heavy (non-hydrogen) atoms. The first kappa shape index (κ1) is 11.0. The van der Waals surface area contributed by atoms with E-state index in [4.69, 9.17) is 5.11 Å². The Hall–Kier alpha value is -1.55. The van der Waals surface area contributed by atoms with Crippen LogP contribution in [0.25, 0.3) is 0 Å². The summed E-state index contributed by atoms with van der Waals surface area (Å²) < 4.78 is 0. The van der Waals surface area contributed by atoms with Crippen molar-refractivity contribution in [1.29, 1.82) is 0 Å². The molecule has 1 fully saturated rings. The molecule has 0 aliphatic carbocycles. The summed E-state index contributed by atoms with van der Waals surface area (Å²) in [5.74, 6) is -0.539. The highest BCUT2D eigenvalue weighted by Crippen LogP contribution is 2.30. The minimum absolute atomic E-state index is 0.206. The fourth-order valence-electron chi connectivity index (χ4n) is 2.16. The third-order valence-corrected chi connectivity index (χ3v) is 3.18. The van der Waals surface area contributed by atoms with Crippen LogP contribution < -0.4 is 5.32 Å². The summed E-state index contributed by atoms with van der Waals surface area (Å²) in [6.45, 7) is 1.27. The maximum absolute atomic E-state index is 11.3. The number of rotatable bonds is 3. The number of carbonyl (C=O) groups is 1. The first-order chi connectivity index (χ1) is 7.62. The van der Waals surface area contributed by atoms with Gasteiger partial charge in [0.15, 0.2) is 0 Å². The lowest BCUT2D eigenvalue weighted by atomic mass is 9.81. The quantitative estimate of drug-likeness (QED) is 0.712. The van der Waals surface area contributed by atoms with E-state index in [1.165, 1.54) is 0 Å². The number of carboxylic acid groups (broad SMARTS) is 1. The van der Waals surface area contributed by atoms with Crippen molar-refractivity contribution >= 4 is 5.97 Å². The van der Waals surface area contributed by atoms with E-state index in [0.29, 0.717) is 19.4 Å². The normalized spacial score (nSPS) is 24.5. The zero-order chi connectivity index (χ0) is 11.6. The zero-order valence-electron chi connectivity index (χ0n) is 8.94. The molecule has 1 aliphatic heterocycles. The van der Waals surface area contributed by atoms with E-state index in [1.807, 2.05) is 0 Å². The number of phenolic OH excluding ortho intramolecular Hbond substituents is 1. The molecule has 4 nitrogen and oxygen atoms in total. The van der Waals surface area contributed by atoms with Gasteiger partial charge in [-0.05, 0) is 37.1 Å². The number of phenols is 1. The highest BCUT2D eigenvalue weighted by atomic mass is 16.4. The zero-order valence-corrected chi connectivity index (χ0v) is 8.94. The molecule has 0 amide bonds. The Bertz CT molecular complexity index is 380. The monoisotopic (exact) mass is 221 g/mol. The largest absolute Gasteiger partial charge is 0.508 e. The standard InChI is InChI=1S/C12H15NO3/c14-10-3-1-9(2-4-10)7-12(11(15)16)5-6-13-8-12/h1-4,13-14H,5-8H2,(H,15,16). The van der Waals surface area contributed by atoms with E-state index < -0.39 is 11.4 Å². The van der Waals surface area contributed by atoms with Crippen molar-refractivity contribution in [1.82, 2.24) is 5.32 Å². The molecule has 0 aromatic heterocycles. The number of hydrogen-bond acceptors (Lipinski definition) is 3. The molecule has 1 aromatic rings. The number of aliphatic carboxylic acids is 1. The molecule has 2 rings (SSSR count). The Balaban J connectivity index is 2.18. The Morgan fingerprint density at radius 2 is 2.06 bits per heavy atom. The van der Waals surface area contributed by atoms with E-state index in [0.717, 1.165) is 12.1 Å². The minimum Gasteiger partial charge on any atom is -0.508 e. The molecule has 1 atom stereocenters. The lowest BCUT2D eigenvalue weighted by Gasteiger charge is -2.22. The molecule has 1 heterocycles. The maximum Gasteiger partial charge on any atom is 0.311 e. The molecule has 1 aromatic carbocycles. The van der Waals surface area contributed by atoms with Crippen LogP contribution in [0.5, 0.6) is 5.75 Å². The maximum atomic E-state index is 11.3. The van der Waals surface area contributed by atoms with Gasteiger partial charge >= 0.3 is 5.97 Å². The number of hydrogen-bond donors (Lipinski definition) is 3. The fraction of sp³-hybridized carbons (Fsp3) is 0.417. The van der Waals surface area contributed by atoms with Crippen LogP contribution in [0.15, 0.2) is 24.3 Å². The van der Waals surface area contributed by atoms with Gasteiger partial charge in [0.2, 0.25) is 0 Å². The van der Waals surface area contributed by atoms with Crippen molar-refractivity contribution in [2.75, 3.05) is 13.1 Å². The van der Waals surface area contributed by atoms with Crippen LogP contribution in [0.3, 0.4) is 0 Å². The molecular weight excluding hydrogens is 206 g/mol. The summed E-state index contributed by atoms with van der Waals surface area (Å²) in [6, 6.07) is 6.73. The summed E-state index contributed by atoms with van der Waals surface area (Å²) in [5, 5.41) is 21.5. The van der Waals surface area contributed by atoms with Gasteiger partial charge in [-0.15, -0.1) is 0 Å². The molecule has 1 unspecified atom stereocenters. The van der Waals surface area contributed by atoms with Crippen molar-refractivity contribution < 1.29 is 15.0 Å². The summed E-state index contributed by atoms with van der Waals surface area (Å²) >= 11 is 0. The van der Waals surface area contributed by atoms with Crippen molar-refractivity contribution in [2.24, 2.45) is 5.41 Å². The summed E-state index contributed by atoms with van der Waals surface area (Å²) in [7, 11) is 0. The van der Waals surface area contributed by atoms with Crippen molar-refractivity contribution in [2.45, 2.75) is 12.8 Å². The first-order valence-corrected chi connectivity index (χ1v) is 5.34. The van der Waals surface area contributed by atoms with Crippen LogP contribution in [-0.2, 0) is 11.2 Å². The smallest absolute Gasteiger partial charge is 0.311 e. The second-order valence-corrected chi connectivity index (χ2v) is 4.36. The average molecular weight is 221 g/mol. The van der Waals surface area contributed by atoms with E-state index >= 15 is 0 Å². The lowest BCUT2D eigenvalue weighted by Crippen LogP contribution is -2.35. The summed E-state index contributed by atoms with van der Waals surface area (Å²) in [6.07, 6.45) is 1.17. The fourth-order valence-corrected chi connectivity index (χ4v) is 2.16. The molecule has 3 N–H and O–H groups in total. The van der Waals surface area contributed by atoms with E-state index in [1.54, 1.807) is 24.3 Å². The van der Waals surface area contributed by atoms with Gasteiger partial charge in [-0.2, -0.15) is 0 Å². The van der Waals surface area contributed by atoms with Gasteiger partial charge in [0, 0.05) is 6.54 Å².